The number of hydrogen-bond acceptors (Lipinski definition) is 3. The third kappa shape index (κ3) is 5.05. The lowest BCUT2D eigenvalue weighted by Crippen LogP contribution is -2.24. The zero-order valence-corrected chi connectivity index (χ0v) is 12.9. The van der Waals surface area contributed by atoms with Gasteiger partial charge in [0.15, 0.2) is 6.61 Å². The summed E-state index contributed by atoms with van der Waals surface area (Å²) in [7, 11) is 0. The number of carbonyl (C=O) groups excluding carboxylic acids is 1. The van der Waals surface area contributed by atoms with E-state index in [2.05, 4.69) is 17.5 Å². The predicted octanol–water partition coefficient (Wildman–Crippen LogP) is 3.09. The quantitative estimate of drug-likeness (QED) is 0.658. The molecule has 0 heterocycles. The summed E-state index contributed by atoms with van der Waals surface area (Å²) in [5.74, 6) is 0.405. The maximum atomic E-state index is 11.7. The van der Waals surface area contributed by atoms with E-state index in [1.54, 1.807) is 6.21 Å². The molecule has 0 atom stereocenters. The molecule has 0 unspecified atom stereocenters. The second-order valence-corrected chi connectivity index (χ2v) is 4.99. The molecule has 0 aliphatic heterocycles. The first-order chi connectivity index (χ1) is 10.7. The molecule has 1 amide bonds. The van der Waals surface area contributed by atoms with Gasteiger partial charge in [-0.15, -0.1) is 0 Å². The Morgan fingerprint density at radius 1 is 1.23 bits per heavy atom. The van der Waals surface area contributed by atoms with E-state index in [4.69, 9.17) is 4.74 Å². The average molecular weight is 296 g/mol. The van der Waals surface area contributed by atoms with E-state index in [0.717, 1.165) is 12.0 Å². The van der Waals surface area contributed by atoms with E-state index in [1.807, 2.05) is 55.5 Å². The number of nitrogens with one attached hydrogen (secondary N) is 1. The van der Waals surface area contributed by atoms with Gasteiger partial charge in [0.1, 0.15) is 5.75 Å². The second kappa shape index (κ2) is 7.98. The molecule has 0 spiro atoms. The zero-order valence-electron chi connectivity index (χ0n) is 12.9. The third-order valence-electron chi connectivity index (χ3n) is 3.16. The molecule has 0 radical (unpaired) electrons. The highest BCUT2D eigenvalue weighted by Crippen LogP contribution is 2.13. The van der Waals surface area contributed by atoms with Crippen LogP contribution in [0, 0.1) is 6.92 Å². The molecule has 0 aliphatic rings. The van der Waals surface area contributed by atoms with Crippen LogP contribution >= 0.6 is 0 Å². The summed E-state index contributed by atoms with van der Waals surface area (Å²) in [4.78, 5) is 11.7. The van der Waals surface area contributed by atoms with Crippen molar-refractivity contribution in [1.82, 2.24) is 5.43 Å². The van der Waals surface area contributed by atoms with Crippen molar-refractivity contribution in [2.45, 2.75) is 20.3 Å². The standard InChI is InChI=1S/C18H20N2O2/c1-3-15-5-4-6-17(11-15)22-13-18(21)20-19-12-16-9-7-14(2)8-10-16/h4-12H,3,13H2,1-2H3,(H,20,21)/b19-12+. The Labute approximate surface area is 130 Å². The third-order valence-corrected chi connectivity index (χ3v) is 3.16. The number of hydrazone groups is 1. The van der Waals surface area contributed by atoms with Crippen LogP contribution in [0.4, 0.5) is 0 Å². The fraction of sp³-hybridized carbons (Fsp3) is 0.222. The van der Waals surface area contributed by atoms with Crippen LogP contribution in [0.1, 0.15) is 23.6 Å². The molecule has 0 bridgehead atoms. The Hall–Kier alpha value is -2.62. The Morgan fingerprint density at radius 3 is 2.73 bits per heavy atom. The molecule has 0 saturated heterocycles. The van der Waals surface area contributed by atoms with Crippen LogP contribution in [0.25, 0.3) is 0 Å². The van der Waals surface area contributed by atoms with Crippen molar-refractivity contribution in [3.63, 3.8) is 0 Å². The van der Waals surface area contributed by atoms with Gasteiger partial charge in [-0.2, -0.15) is 5.10 Å². The van der Waals surface area contributed by atoms with Crippen LogP contribution in [0.2, 0.25) is 0 Å². The first-order valence-electron chi connectivity index (χ1n) is 7.27. The van der Waals surface area contributed by atoms with Crippen LogP contribution in [0.5, 0.6) is 5.75 Å². The maximum Gasteiger partial charge on any atom is 0.277 e. The number of amides is 1. The molecular weight excluding hydrogens is 276 g/mol. The van der Waals surface area contributed by atoms with Crippen LogP contribution in [0.3, 0.4) is 0 Å². The molecule has 2 aromatic carbocycles. The molecular formula is C18H20N2O2. The molecule has 0 saturated carbocycles. The fourth-order valence-electron chi connectivity index (χ4n) is 1.87. The summed E-state index contributed by atoms with van der Waals surface area (Å²) in [6, 6.07) is 15.6. The van der Waals surface area contributed by atoms with Crippen molar-refractivity contribution in [2.24, 2.45) is 5.10 Å². The predicted molar refractivity (Wildman–Crippen MR) is 88.2 cm³/mol. The van der Waals surface area contributed by atoms with E-state index in [9.17, 15) is 4.79 Å². The average Bonchev–Trinajstić information content (AvgIpc) is 2.55. The van der Waals surface area contributed by atoms with E-state index in [0.29, 0.717) is 5.75 Å². The number of carbonyl (C=O) groups is 1. The van der Waals surface area contributed by atoms with Crippen molar-refractivity contribution in [2.75, 3.05) is 6.61 Å². The lowest BCUT2D eigenvalue weighted by molar-refractivity contribution is -0.123. The SMILES string of the molecule is CCc1cccc(OCC(=O)N/N=C/c2ccc(C)cc2)c1. The largest absolute Gasteiger partial charge is 0.484 e. The van der Waals surface area contributed by atoms with Crippen LogP contribution in [-0.2, 0) is 11.2 Å². The molecule has 0 aromatic heterocycles. The number of hydrogen-bond donors (Lipinski definition) is 1. The van der Waals surface area contributed by atoms with Crippen molar-refractivity contribution in [1.29, 1.82) is 0 Å². The first kappa shape index (κ1) is 15.8. The smallest absolute Gasteiger partial charge is 0.277 e. The molecule has 2 rings (SSSR count). The second-order valence-electron chi connectivity index (χ2n) is 4.99. The van der Waals surface area contributed by atoms with Gasteiger partial charge < -0.3 is 4.74 Å². The molecule has 0 aliphatic carbocycles. The zero-order chi connectivity index (χ0) is 15.8. The Balaban J connectivity index is 1.79. The van der Waals surface area contributed by atoms with E-state index < -0.39 is 0 Å². The van der Waals surface area contributed by atoms with Gasteiger partial charge in [-0.05, 0) is 36.6 Å². The van der Waals surface area contributed by atoms with Crippen molar-refractivity contribution >= 4 is 12.1 Å². The highest BCUT2D eigenvalue weighted by molar-refractivity contribution is 5.82. The van der Waals surface area contributed by atoms with Crippen molar-refractivity contribution in [3.8, 4) is 5.75 Å². The lowest BCUT2D eigenvalue weighted by atomic mass is 10.2. The lowest BCUT2D eigenvalue weighted by Gasteiger charge is -2.06. The molecule has 2 aromatic rings. The highest BCUT2D eigenvalue weighted by Gasteiger charge is 2.01. The Kier molecular flexibility index (Phi) is 5.72. The van der Waals surface area contributed by atoms with Gasteiger partial charge in [-0.3, -0.25) is 4.79 Å². The van der Waals surface area contributed by atoms with E-state index >= 15 is 0 Å². The summed E-state index contributed by atoms with van der Waals surface area (Å²) < 4.78 is 5.44. The summed E-state index contributed by atoms with van der Waals surface area (Å²) in [6.45, 7) is 4.04. The van der Waals surface area contributed by atoms with Crippen LogP contribution in [-0.4, -0.2) is 18.7 Å². The summed E-state index contributed by atoms with van der Waals surface area (Å²) in [6.07, 6.45) is 2.54. The van der Waals surface area contributed by atoms with Crippen molar-refractivity contribution in [3.05, 3.63) is 65.2 Å². The molecule has 4 heteroatoms. The van der Waals surface area contributed by atoms with Crippen LogP contribution < -0.4 is 10.2 Å². The number of nitrogens with zero attached hydrogens (tertiary/aromatic N) is 1. The summed E-state index contributed by atoms with van der Waals surface area (Å²) in [5, 5.41) is 3.91. The Bertz CT molecular complexity index is 648. The highest BCUT2D eigenvalue weighted by atomic mass is 16.5. The number of benzene rings is 2. The topological polar surface area (TPSA) is 50.7 Å². The maximum absolute atomic E-state index is 11.7. The molecule has 4 nitrogen and oxygen atoms in total. The number of ether oxygens (including phenoxy) is 1. The normalized spacial score (nSPS) is 10.6. The Morgan fingerprint density at radius 2 is 2.00 bits per heavy atom. The van der Waals surface area contributed by atoms with Gasteiger partial charge in [0, 0.05) is 0 Å². The van der Waals surface area contributed by atoms with Gasteiger partial charge in [0.2, 0.25) is 0 Å². The van der Waals surface area contributed by atoms with Crippen LogP contribution in [0.15, 0.2) is 53.6 Å². The van der Waals surface area contributed by atoms with Gasteiger partial charge in [-0.25, -0.2) is 5.43 Å². The minimum atomic E-state index is -0.287. The summed E-state index contributed by atoms with van der Waals surface area (Å²) in [5.41, 5.74) is 5.74. The van der Waals surface area contributed by atoms with Gasteiger partial charge in [0.25, 0.3) is 5.91 Å². The monoisotopic (exact) mass is 296 g/mol. The number of aryl methyl sites for hydroxylation is 2. The van der Waals surface area contributed by atoms with Crippen molar-refractivity contribution < 1.29 is 9.53 Å². The minimum Gasteiger partial charge on any atom is -0.484 e. The molecule has 114 valence electrons. The fourth-order valence-corrected chi connectivity index (χ4v) is 1.87. The van der Waals surface area contributed by atoms with Gasteiger partial charge >= 0.3 is 0 Å². The molecule has 0 fully saturated rings. The minimum absolute atomic E-state index is 0.0571. The summed E-state index contributed by atoms with van der Waals surface area (Å²) >= 11 is 0. The molecule has 1 N–H and O–H groups in total. The number of rotatable bonds is 6. The first-order valence-corrected chi connectivity index (χ1v) is 7.27. The van der Waals surface area contributed by atoms with Gasteiger partial charge in [-0.1, -0.05) is 48.9 Å². The molecule has 22 heavy (non-hydrogen) atoms. The van der Waals surface area contributed by atoms with E-state index in [1.165, 1.54) is 11.1 Å². The van der Waals surface area contributed by atoms with E-state index in [-0.39, 0.29) is 12.5 Å². The van der Waals surface area contributed by atoms with Gasteiger partial charge in [0.05, 0.1) is 6.21 Å².